The van der Waals surface area contributed by atoms with E-state index in [1.165, 1.54) is 6.07 Å². The minimum atomic E-state index is -2.95. The second-order valence-corrected chi connectivity index (χ2v) is 4.58. The molecule has 2 N–H and O–H groups in total. The first-order chi connectivity index (χ1) is 9.47. The molecule has 0 bridgehead atoms. The van der Waals surface area contributed by atoms with Crippen LogP contribution >= 0.6 is 0 Å². The van der Waals surface area contributed by atoms with Crippen molar-refractivity contribution in [3.63, 3.8) is 0 Å². The highest BCUT2D eigenvalue weighted by molar-refractivity contribution is 6.05. The van der Waals surface area contributed by atoms with E-state index in [0.717, 1.165) is 0 Å². The quantitative estimate of drug-likeness (QED) is 0.886. The third kappa shape index (κ3) is 3.23. The number of para-hydroxylation sites is 1. The number of hydrogen-bond acceptors (Lipinski definition) is 4. The molecular weight excluding hydrogens is 268 g/mol. The summed E-state index contributed by atoms with van der Waals surface area (Å²) in [5, 5.41) is 5.53. The highest BCUT2D eigenvalue weighted by atomic mass is 19.3. The van der Waals surface area contributed by atoms with Gasteiger partial charge in [-0.05, 0) is 19.9 Å². The van der Waals surface area contributed by atoms with Gasteiger partial charge in [0.25, 0.3) is 5.91 Å². The molecule has 0 saturated heterocycles. The molecule has 1 heterocycles. The number of nitrogens with one attached hydrogen (secondary N) is 2. The number of amides is 1. The first-order valence-corrected chi connectivity index (χ1v) is 6.16. The fourth-order valence-corrected chi connectivity index (χ4v) is 1.87. The predicted molar refractivity (Wildman–Crippen MR) is 69.7 cm³/mol. The van der Waals surface area contributed by atoms with Crippen LogP contribution in [-0.4, -0.2) is 24.5 Å². The lowest BCUT2D eigenvalue weighted by molar-refractivity contribution is -0.120. The van der Waals surface area contributed by atoms with Gasteiger partial charge in [0.2, 0.25) is 0 Å². The highest BCUT2D eigenvalue weighted by Gasteiger charge is 2.30. The number of guanidine groups is 1. The van der Waals surface area contributed by atoms with Crippen LogP contribution in [0.5, 0.6) is 5.75 Å². The fourth-order valence-electron chi connectivity index (χ4n) is 1.87. The van der Waals surface area contributed by atoms with Gasteiger partial charge in [-0.15, -0.1) is 0 Å². The third-order valence-electron chi connectivity index (χ3n) is 2.60. The first-order valence-electron chi connectivity index (χ1n) is 6.16. The van der Waals surface area contributed by atoms with Crippen molar-refractivity contribution in [2.45, 2.75) is 32.5 Å². The normalized spacial score (nSPS) is 18.2. The molecule has 5 nitrogen and oxygen atoms in total. The molecule has 0 fully saturated rings. The summed E-state index contributed by atoms with van der Waals surface area (Å²) in [4.78, 5) is 16.1. The molecule has 1 aromatic rings. The van der Waals surface area contributed by atoms with Crippen molar-refractivity contribution in [1.82, 2.24) is 10.6 Å². The van der Waals surface area contributed by atoms with Crippen molar-refractivity contribution in [1.29, 1.82) is 0 Å². The van der Waals surface area contributed by atoms with Gasteiger partial charge in [0.15, 0.2) is 12.0 Å². The van der Waals surface area contributed by atoms with Crippen LogP contribution in [0.1, 0.15) is 25.5 Å². The molecule has 7 heteroatoms. The Hall–Kier alpha value is -2.18. The Balaban J connectivity index is 2.27. The van der Waals surface area contributed by atoms with E-state index in [1.807, 2.05) is 13.8 Å². The molecule has 1 aromatic carbocycles. The topological polar surface area (TPSA) is 62.7 Å². The van der Waals surface area contributed by atoms with Gasteiger partial charge in [0.1, 0.15) is 5.75 Å². The lowest BCUT2D eigenvalue weighted by Gasteiger charge is -2.12. The van der Waals surface area contributed by atoms with E-state index in [2.05, 4.69) is 20.4 Å². The Labute approximate surface area is 115 Å². The third-order valence-corrected chi connectivity index (χ3v) is 2.60. The van der Waals surface area contributed by atoms with Gasteiger partial charge in [-0.2, -0.15) is 8.78 Å². The van der Waals surface area contributed by atoms with Crippen LogP contribution in [0.15, 0.2) is 29.3 Å². The number of hydrogen-bond donors (Lipinski definition) is 2. The second-order valence-electron chi connectivity index (χ2n) is 4.58. The summed E-state index contributed by atoms with van der Waals surface area (Å²) in [6, 6.07) is 5.35. The number of halogens is 2. The number of nitrogens with zero attached hydrogens (tertiary/aromatic N) is 1. The molecule has 0 aromatic heterocycles. The summed E-state index contributed by atoms with van der Waals surface area (Å²) in [6.45, 7) is 0.851. The van der Waals surface area contributed by atoms with Crippen LogP contribution < -0.4 is 15.4 Å². The summed E-state index contributed by atoms with van der Waals surface area (Å²) >= 11 is 0. The summed E-state index contributed by atoms with van der Waals surface area (Å²) < 4.78 is 29.1. The predicted octanol–water partition coefficient (Wildman–Crippen LogP) is 1.81. The van der Waals surface area contributed by atoms with Crippen molar-refractivity contribution in [3.05, 3.63) is 29.8 Å². The maximum absolute atomic E-state index is 12.4. The number of carbonyl (C=O) groups excluding carboxylic acids is 1. The van der Waals surface area contributed by atoms with E-state index >= 15 is 0 Å². The van der Waals surface area contributed by atoms with Gasteiger partial charge < -0.3 is 10.1 Å². The lowest BCUT2D eigenvalue weighted by atomic mass is 10.1. The standard InChI is InChI=1S/C13H15F2N3O2/c1-7(2)16-13-17-10(11(19)18-13)8-5-3-4-6-9(8)20-12(14)15/h3-7,10,12H,1-2H3,(H2,16,17,18,19). The van der Waals surface area contributed by atoms with Crippen LogP contribution in [0.25, 0.3) is 0 Å². The fraction of sp³-hybridized carbons (Fsp3) is 0.385. The Morgan fingerprint density at radius 2 is 2.05 bits per heavy atom. The zero-order valence-corrected chi connectivity index (χ0v) is 11.1. The van der Waals surface area contributed by atoms with Gasteiger partial charge in [-0.1, -0.05) is 18.2 Å². The summed E-state index contributed by atoms with van der Waals surface area (Å²) in [5.41, 5.74) is 0.311. The average molecular weight is 283 g/mol. The molecule has 1 unspecified atom stereocenters. The van der Waals surface area contributed by atoms with Crippen molar-refractivity contribution < 1.29 is 18.3 Å². The van der Waals surface area contributed by atoms with Crippen LogP contribution in [-0.2, 0) is 4.79 Å². The lowest BCUT2D eigenvalue weighted by Crippen LogP contribution is -2.40. The molecule has 0 radical (unpaired) electrons. The van der Waals surface area contributed by atoms with Gasteiger partial charge >= 0.3 is 6.61 Å². The summed E-state index contributed by atoms with van der Waals surface area (Å²) in [5.74, 6) is -0.0856. The molecule has 2 rings (SSSR count). The number of aliphatic imine (C=N–C) groups is 1. The second kappa shape index (κ2) is 5.85. The minimum absolute atomic E-state index is 0.0443. The minimum Gasteiger partial charge on any atom is -0.434 e. The number of ether oxygens (including phenoxy) is 1. The molecule has 1 aliphatic rings. The molecular formula is C13H15F2N3O2. The van der Waals surface area contributed by atoms with Gasteiger partial charge in [0.05, 0.1) is 0 Å². The molecule has 20 heavy (non-hydrogen) atoms. The number of alkyl halides is 2. The molecule has 1 amide bonds. The van der Waals surface area contributed by atoms with Crippen molar-refractivity contribution >= 4 is 11.9 Å². The van der Waals surface area contributed by atoms with Crippen molar-refractivity contribution in [2.75, 3.05) is 0 Å². The van der Waals surface area contributed by atoms with Crippen LogP contribution in [0.2, 0.25) is 0 Å². The molecule has 1 atom stereocenters. The first kappa shape index (κ1) is 14.2. The number of rotatable bonds is 4. The highest BCUT2D eigenvalue weighted by Crippen LogP contribution is 2.30. The van der Waals surface area contributed by atoms with Gasteiger partial charge in [0, 0.05) is 11.6 Å². The Bertz CT molecular complexity index is 532. The largest absolute Gasteiger partial charge is 0.434 e. The van der Waals surface area contributed by atoms with E-state index < -0.39 is 12.7 Å². The summed E-state index contributed by atoms with van der Waals surface area (Å²) in [6.07, 6.45) is 0. The van der Waals surface area contributed by atoms with E-state index in [0.29, 0.717) is 11.5 Å². The SMILES string of the molecule is CC(C)NC1=NC(c2ccccc2OC(F)F)C(=O)N1. The smallest absolute Gasteiger partial charge is 0.387 e. The monoisotopic (exact) mass is 283 g/mol. The van der Waals surface area contributed by atoms with E-state index in [4.69, 9.17) is 0 Å². The van der Waals surface area contributed by atoms with E-state index in [1.54, 1.807) is 18.2 Å². The maximum Gasteiger partial charge on any atom is 0.387 e. The molecule has 1 aliphatic heterocycles. The molecule has 0 spiro atoms. The van der Waals surface area contributed by atoms with Crippen molar-refractivity contribution in [2.24, 2.45) is 4.99 Å². The maximum atomic E-state index is 12.4. The average Bonchev–Trinajstić information content (AvgIpc) is 2.69. The zero-order chi connectivity index (χ0) is 14.7. The van der Waals surface area contributed by atoms with E-state index in [-0.39, 0.29) is 17.7 Å². The van der Waals surface area contributed by atoms with Crippen molar-refractivity contribution in [3.8, 4) is 5.75 Å². The zero-order valence-electron chi connectivity index (χ0n) is 11.1. The number of benzene rings is 1. The van der Waals surface area contributed by atoms with Crippen LogP contribution in [0.4, 0.5) is 8.78 Å². The number of carbonyl (C=O) groups is 1. The van der Waals surface area contributed by atoms with E-state index in [9.17, 15) is 13.6 Å². The van der Waals surface area contributed by atoms with Gasteiger partial charge in [-0.25, -0.2) is 4.99 Å². The Morgan fingerprint density at radius 1 is 1.35 bits per heavy atom. The Kier molecular flexibility index (Phi) is 4.16. The van der Waals surface area contributed by atoms with Gasteiger partial charge in [-0.3, -0.25) is 10.1 Å². The van der Waals surface area contributed by atoms with Crippen LogP contribution in [0, 0.1) is 0 Å². The Morgan fingerprint density at radius 3 is 2.70 bits per heavy atom. The summed E-state index contributed by atoms with van der Waals surface area (Å²) in [7, 11) is 0. The molecule has 0 aliphatic carbocycles. The van der Waals surface area contributed by atoms with Crippen LogP contribution in [0.3, 0.4) is 0 Å². The molecule has 0 saturated carbocycles. The molecule has 108 valence electrons.